The second-order valence-electron chi connectivity index (χ2n) is 9.34. The van der Waals surface area contributed by atoms with Gasteiger partial charge in [0.05, 0.1) is 0 Å². The Balaban J connectivity index is 2.70. The highest BCUT2D eigenvalue weighted by atomic mass is 16.2. The zero-order valence-electron chi connectivity index (χ0n) is 19.0. The molecule has 1 amide bonds. The highest BCUT2D eigenvalue weighted by Crippen LogP contribution is 2.27. The summed E-state index contributed by atoms with van der Waals surface area (Å²) in [4.78, 5) is 12.8. The van der Waals surface area contributed by atoms with Crippen molar-refractivity contribution in [2.24, 2.45) is 17.3 Å². The van der Waals surface area contributed by atoms with Crippen LogP contribution in [0, 0.1) is 17.3 Å². The van der Waals surface area contributed by atoms with Crippen LogP contribution >= 0.6 is 0 Å². The van der Waals surface area contributed by atoms with Crippen LogP contribution in [0.1, 0.15) is 72.8 Å². The minimum absolute atomic E-state index is 0.0777. The quantitative estimate of drug-likeness (QED) is 0.451. The topological polar surface area (TPSA) is 41.1 Å². The van der Waals surface area contributed by atoms with E-state index >= 15 is 0 Å². The van der Waals surface area contributed by atoms with Crippen molar-refractivity contribution in [3.63, 3.8) is 0 Å². The molecule has 2 atom stereocenters. The summed E-state index contributed by atoms with van der Waals surface area (Å²) in [6, 6.07) is 10.4. The number of rotatable bonds is 12. The van der Waals surface area contributed by atoms with Crippen molar-refractivity contribution in [1.82, 2.24) is 10.6 Å². The molecule has 0 aliphatic carbocycles. The SMILES string of the molecule is C=C(NC(C(=O)NCCCC)C(C)(C)C)C(CCCc1ccccc1)C(C)C. The molecule has 0 spiro atoms. The fourth-order valence-corrected chi connectivity index (χ4v) is 3.54. The normalized spacial score (nSPS) is 13.8. The number of carbonyl (C=O) groups excluding carboxylic acids is 1. The average Bonchev–Trinajstić information content (AvgIpc) is 2.62. The van der Waals surface area contributed by atoms with Crippen LogP contribution in [0.4, 0.5) is 0 Å². The lowest BCUT2D eigenvalue weighted by atomic mass is 9.83. The first-order valence-corrected chi connectivity index (χ1v) is 10.9. The van der Waals surface area contributed by atoms with E-state index in [2.05, 4.69) is 89.1 Å². The van der Waals surface area contributed by atoms with Gasteiger partial charge < -0.3 is 10.6 Å². The number of allylic oxidation sites excluding steroid dienone is 1. The Bertz CT molecular complexity index is 586. The molecule has 1 aromatic carbocycles. The van der Waals surface area contributed by atoms with Crippen LogP contribution in [0.25, 0.3) is 0 Å². The van der Waals surface area contributed by atoms with Crippen molar-refractivity contribution in [2.75, 3.05) is 6.54 Å². The average molecular weight is 387 g/mol. The summed E-state index contributed by atoms with van der Waals surface area (Å²) in [6.07, 6.45) is 5.37. The number of unbranched alkanes of at least 4 members (excludes halogenated alkanes) is 1. The molecular formula is C25H42N2O. The van der Waals surface area contributed by atoms with E-state index in [1.165, 1.54) is 5.56 Å². The number of carbonyl (C=O) groups is 1. The first-order chi connectivity index (χ1) is 13.2. The van der Waals surface area contributed by atoms with E-state index in [1.807, 2.05) is 0 Å². The lowest BCUT2D eigenvalue weighted by molar-refractivity contribution is -0.125. The molecule has 28 heavy (non-hydrogen) atoms. The second kappa shape index (κ2) is 11.9. The molecule has 3 heteroatoms. The third-order valence-electron chi connectivity index (χ3n) is 5.36. The van der Waals surface area contributed by atoms with E-state index in [9.17, 15) is 4.79 Å². The first kappa shape index (κ1) is 24.3. The standard InChI is InChI=1S/C25H42N2O/c1-8-9-18-26-24(28)23(25(5,6)7)27-20(4)22(19(2)3)17-13-16-21-14-11-10-12-15-21/h10-12,14-15,19,22-23,27H,4,8-9,13,16-18H2,1-3,5-7H3,(H,26,28). The molecule has 0 saturated carbocycles. The second-order valence-corrected chi connectivity index (χ2v) is 9.34. The smallest absolute Gasteiger partial charge is 0.243 e. The van der Waals surface area contributed by atoms with Crippen LogP contribution in [0.15, 0.2) is 42.6 Å². The van der Waals surface area contributed by atoms with Crippen LogP contribution in [0.5, 0.6) is 0 Å². The minimum atomic E-state index is -0.271. The lowest BCUT2D eigenvalue weighted by Gasteiger charge is -2.35. The third-order valence-corrected chi connectivity index (χ3v) is 5.36. The summed E-state index contributed by atoms with van der Waals surface area (Å²) in [6.45, 7) is 18.0. The van der Waals surface area contributed by atoms with Gasteiger partial charge in [-0.3, -0.25) is 4.79 Å². The van der Waals surface area contributed by atoms with Gasteiger partial charge in [0.1, 0.15) is 6.04 Å². The Morgan fingerprint density at radius 3 is 2.29 bits per heavy atom. The Morgan fingerprint density at radius 1 is 1.11 bits per heavy atom. The van der Waals surface area contributed by atoms with E-state index < -0.39 is 0 Å². The van der Waals surface area contributed by atoms with Crippen LogP contribution in [-0.2, 0) is 11.2 Å². The van der Waals surface area contributed by atoms with E-state index in [-0.39, 0.29) is 17.4 Å². The molecule has 3 nitrogen and oxygen atoms in total. The Kier molecular flexibility index (Phi) is 10.3. The van der Waals surface area contributed by atoms with Gasteiger partial charge >= 0.3 is 0 Å². The Hall–Kier alpha value is -1.77. The minimum Gasteiger partial charge on any atom is -0.377 e. The van der Waals surface area contributed by atoms with E-state index in [4.69, 9.17) is 0 Å². The number of benzene rings is 1. The lowest BCUT2D eigenvalue weighted by Crippen LogP contribution is -2.52. The van der Waals surface area contributed by atoms with E-state index in [1.54, 1.807) is 0 Å². The molecule has 2 N–H and O–H groups in total. The van der Waals surface area contributed by atoms with Crippen LogP contribution < -0.4 is 10.6 Å². The number of amides is 1. The molecule has 2 unspecified atom stereocenters. The van der Waals surface area contributed by atoms with Crippen molar-refractivity contribution in [2.45, 2.75) is 79.7 Å². The zero-order valence-corrected chi connectivity index (χ0v) is 19.0. The summed E-state index contributed by atoms with van der Waals surface area (Å²) in [7, 11) is 0. The van der Waals surface area contributed by atoms with Gasteiger partial charge in [0.2, 0.25) is 5.91 Å². The molecule has 0 bridgehead atoms. The number of hydrogen-bond donors (Lipinski definition) is 2. The maximum absolute atomic E-state index is 12.8. The Morgan fingerprint density at radius 2 is 1.75 bits per heavy atom. The zero-order chi connectivity index (χ0) is 21.2. The van der Waals surface area contributed by atoms with Gasteiger partial charge in [0.15, 0.2) is 0 Å². The molecule has 0 aliphatic rings. The number of nitrogens with one attached hydrogen (secondary N) is 2. The summed E-state index contributed by atoms with van der Waals surface area (Å²) < 4.78 is 0. The summed E-state index contributed by atoms with van der Waals surface area (Å²) in [5.41, 5.74) is 2.20. The number of aryl methyl sites for hydroxylation is 1. The van der Waals surface area contributed by atoms with Gasteiger partial charge in [-0.05, 0) is 42.6 Å². The number of hydrogen-bond acceptors (Lipinski definition) is 2. The summed E-state index contributed by atoms with van der Waals surface area (Å²) in [5.74, 6) is 0.922. The molecule has 158 valence electrons. The molecule has 0 aromatic heterocycles. The van der Waals surface area contributed by atoms with Crippen molar-refractivity contribution in [3.05, 3.63) is 48.2 Å². The largest absolute Gasteiger partial charge is 0.377 e. The van der Waals surface area contributed by atoms with Crippen LogP contribution in [0.2, 0.25) is 0 Å². The van der Waals surface area contributed by atoms with E-state index in [0.717, 1.165) is 44.3 Å². The van der Waals surface area contributed by atoms with Crippen molar-refractivity contribution < 1.29 is 4.79 Å². The van der Waals surface area contributed by atoms with Gasteiger partial charge in [0, 0.05) is 18.2 Å². The monoisotopic (exact) mass is 386 g/mol. The highest BCUT2D eigenvalue weighted by molar-refractivity contribution is 5.82. The molecule has 1 rings (SSSR count). The van der Waals surface area contributed by atoms with Gasteiger partial charge in [-0.15, -0.1) is 0 Å². The molecule has 0 saturated heterocycles. The van der Waals surface area contributed by atoms with Gasteiger partial charge in [-0.25, -0.2) is 0 Å². The first-order valence-electron chi connectivity index (χ1n) is 10.9. The van der Waals surface area contributed by atoms with Crippen LogP contribution in [-0.4, -0.2) is 18.5 Å². The van der Waals surface area contributed by atoms with Gasteiger partial charge in [0.25, 0.3) is 0 Å². The van der Waals surface area contributed by atoms with Gasteiger partial charge in [-0.1, -0.05) is 84.9 Å². The maximum Gasteiger partial charge on any atom is 0.243 e. The molecule has 0 heterocycles. The molecule has 1 aromatic rings. The predicted octanol–water partition coefficient (Wildman–Crippen LogP) is 5.72. The maximum atomic E-state index is 12.8. The summed E-state index contributed by atoms with van der Waals surface area (Å²) >= 11 is 0. The van der Waals surface area contributed by atoms with Crippen molar-refractivity contribution in [1.29, 1.82) is 0 Å². The third kappa shape index (κ3) is 8.50. The molecular weight excluding hydrogens is 344 g/mol. The van der Waals surface area contributed by atoms with E-state index in [0.29, 0.717) is 11.8 Å². The molecule has 0 fully saturated rings. The summed E-state index contributed by atoms with van der Waals surface area (Å²) in [5, 5.41) is 6.59. The highest BCUT2D eigenvalue weighted by Gasteiger charge is 2.32. The van der Waals surface area contributed by atoms with Gasteiger partial charge in [-0.2, -0.15) is 0 Å². The Labute approximate surface area is 173 Å². The fraction of sp³-hybridized carbons (Fsp3) is 0.640. The predicted molar refractivity (Wildman–Crippen MR) is 121 cm³/mol. The van der Waals surface area contributed by atoms with Crippen LogP contribution in [0.3, 0.4) is 0 Å². The van der Waals surface area contributed by atoms with Crippen molar-refractivity contribution in [3.8, 4) is 0 Å². The molecule has 0 aliphatic heterocycles. The molecule has 0 radical (unpaired) electrons. The fourth-order valence-electron chi connectivity index (χ4n) is 3.54. The van der Waals surface area contributed by atoms with Crippen molar-refractivity contribution >= 4 is 5.91 Å².